The Balaban J connectivity index is 2.50. The summed E-state index contributed by atoms with van der Waals surface area (Å²) in [5, 5.41) is 9.64. The highest BCUT2D eigenvalue weighted by Gasteiger charge is 2.40. The Hall–Kier alpha value is -0.300. The molecule has 1 rings (SSSR count). The van der Waals surface area contributed by atoms with Gasteiger partial charge in [-0.25, -0.2) is 0 Å². The van der Waals surface area contributed by atoms with E-state index in [9.17, 15) is 5.11 Å². The van der Waals surface area contributed by atoms with E-state index in [1.807, 2.05) is 0 Å². The van der Waals surface area contributed by atoms with Crippen molar-refractivity contribution in [2.75, 3.05) is 0 Å². The first-order valence-electron chi connectivity index (χ1n) is 3.78. The first-order chi connectivity index (χ1) is 4.43. The average Bonchev–Trinajstić information content (AvgIpc) is 2.42. The molecule has 0 bridgehead atoms. The Labute approximate surface area is 62.8 Å². The molecule has 0 saturated heterocycles. The van der Waals surface area contributed by atoms with Crippen molar-refractivity contribution >= 4 is 0 Å². The SMILES string of the molecule is C=C1C[C@@H]1[C@H](O)C(C)(C)C. The van der Waals surface area contributed by atoms with Crippen LogP contribution < -0.4 is 0 Å². The number of hydrogen-bond acceptors (Lipinski definition) is 1. The normalized spacial score (nSPS) is 28.4. The zero-order chi connectivity index (χ0) is 7.94. The molecular formula is C9H16O. The van der Waals surface area contributed by atoms with Gasteiger partial charge in [0, 0.05) is 5.92 Å². The van der Waals surface area contributed by atoms with E-state index in [4.69, 9.17) is 0 Å². The summed E-state index contributed by atoms with van der Waals surface area (Å²) in [6.45, 7) is 10.00. The van der Waals surface area contributed by atoms with E-state index >= 15 is 0 Å². The molecule has 0 aromatic rings. The number of aliphatic hydroxyl groups excluding tert-OH is 1. The maximum Gasteiger partial charge on any atom is 0.0656 e. The van der Waals surface area contributed by atoms with E-state index in [-0.39, 0.29) is 11.5 Å². The Morgan fingerprint density at radius 1 is 1.60 bits per heavy atom. The van der Waals surface area contributed by atoms with Crippen LogP contribution >= 0.6 is 0 Å². The summed E-state index contributed by atoms with van der Waals surface area (Å²) in [5.41, 5.74) is 1.23. The minimum absolute atomic E-state index is 0.0180. The van der Waals surface area contributed by atoms with Crippen molar-refractivity contribution in [1.82, 2.24) is 0 Å². The number of aliphatic hydroxyl groups is 1. The molecule has 2 atom stereocenters. The van der Waals surface area contributed by atoms with E-state index in [1.54, 1.807) is 0 Å². The van der Waals surface area contributed by atoms with E-state index in [1.165, 1.54) is 5.57 Å². The summed E-state index contributed by atoms with van der Waals surface area (Å²) < 4.78 is 0. The van der Waals surface area contributed by atoms with Gasteiger partial charge in [-0.3, -0.25) is 0 Å². The van der Waals surface area contributed by atoms with Gasteiger partial charge in [0.15, 0.2) is 0 Å². The summed E-state index contributed by atoms with van der Waals surface area (Å²) in [7, 11) is 0. The maximum absolute atomic E-state index is 9.64. The van der Waals surface area contributed by atoms with Crippen molar-refractivity contribution in [1.29, 1.82) is 0 Å². The summed E-state index contributed by atoms with van der Waals surface area (Å²) in [6.07, 6.45) is 0.832. The number of rotatable bonds is 1. The van der Waals surface area contributed by atoms with E-state index in [0.29, 0.717) is 5.92 Å². The Bertz CT molecular complexity index is 153. The second-order valence-corrected chi connectivity index (χ2v) is 4.28. The van der Waals surface area contributed by atoms with Crippen LogP contribution in [0.3, 0.4) is 0 Å². The number of hydrogen-bond donors (Lipinski definition) is 1. The van der Waals surface area contributed by atoms with Crippen molar-refractivity contribution in [2.45, 2.75) is 33.3 Å². The molecule has 0 aliphatic heterocycles. The van der Waals surface area contributed by atoms with Gasteiger partial charge in [0.1, 0.15) is 0 Å². The Kier molecular flexibility index (Phi) is 1.63. The van der Waals surface area contributed by atoms with E-state index < -0.39 is 0 Å². The fraction of sp³-hybridized carbons (Fsp3) is 0.778. The zero-order valence-corrected chi connectivity index (χ0v) is 7.02. The lowest BCUT2D eigenvalue weighted by Crippen LogP contribution is -2.27. The second kappa shape index (κ2) is 2.09. The van der Waals surface area contributed by atoms with Gasteiger partial charge in [-0.1, -0.05) is 32.9 Å². The van der Waals surface area contributed by atoms with Crippen molar-refractivity contribution in [3.8, 4) is 0 Å². The predicted octanol–water partition coefficient (Wildman–Crippen LogP) is 1.97. The molecule has 1 N–H and O–H groups in total. The van der Waals surface area contributed by atoms with Gasteiger partial charge in [-0.05, 0) is 11.8 Å². The Morgan fingerprint density at radius 3 is 2.10 bits per heavy atom. The molecule has 1 fully saturated rings. The molecule has 0 radical (unpaired) electrons. The lowest BCUT2D eigenvalue weighted by molar-refractivity contribution is 0.0478. The second-order valence-electron chi connectivity index (χ2n) is 4.28. The lowest BCUT2D eigenvalue weighted by atomic mass is 9.86. The van der Waals surface area contributed by atoms with Gasteiger partial charge < -0.3 is 5.11 Å². The quantitative estimate of drug-likeness (QED) is 0.552. The molecule has 1 saturated carbocycles. The van der Waals surface area contributed by atoms with Gasteiger partial charge in [0.25, 0.3) is 0 Å². The molecule has 1 aliphatic carbocycles. The third-order valence-electron chi connectivity index (χ3n) is 2.11. The fourth-order valence-electron chi connectivity index (χ4n) is 1.16. The molecule has 0 spiro atoms. The van der Waals surface area contributed by atoms with E-state index in [2.05, 4.69) is 27.4 Å². The van der Waals surface area contributed by atoms with Gasteiger partial charge in [-0.15, -0.1) is 0 Å². The van der Waals surface area contributed by atoms with Crippen LogP contribution in [0.4, 0.5) is 0 Å². The largest absolute Gasteiger partial charge is 0.392 e. The molecule has 0 aromatic heterocycles. The molecule has 0 heterocycles. The molecule has 1 aliphatic rings. The standard InChI is InChI=1S/C9H16O/c1-6-5-7(6)8(10)9(2,3)4/h7-8,10H,1,5H2,2-4H3/t7-,8-/m0/s1. The molecule has 0 aromatic carbocycles. The highest BCUT2D eigenvalue weighted by atomic mass is 16.3. The van der Waals surface area contributed by atoms with Gasteiger partial charge >= 0.3 is 0 Å². The first kappa shape index (κ1) is 7.80. The first-order valence-corrected chi connectivity index (χ1v) is 3.78. The Morgan fingerprint density at radius 2 is 2.00 bits per heavy atom. The molecule has 10 heavy (non-hydrogen) atoms. The molecule has 1 heteroatoms. The fourth-order valence-corrected chi connectivity index (χ4v) is 1.16. The highest BCUT2D eigenvalue weighted by Crippen LogP contribution is 2.44. The molecule has 1 nitrogen and oxygen atoms in total. The third-order valence-corrected chi connectivity index (χ3v) is 2.11. The summed E-state index contributed by atoms with van der Waals surface area (Å²) in [4.78, 5) is 0. The third kappa shape index (κ3) is 1.40. The monoisotopic (exact) mass is 140 g/mol. The lowest BCUT2D eigenvalue weighted by Gasteiger charge is -2.25. The van der Waals surface area contributed by atoms with Gasteiger partial charge in [-0.2, -0.15) is 0 Å². The van der Waals surface area contributed by atoms with Crippen molar-refractivity contribution < 1.29 is 5.11 Å². The van der Waals surface area contributed by atoms with Gasteiger partial charge in [0.05, 0.1) is 6.10 Å². The maximum atomic E-state index is 9.64. The van der Waals surface area contributed by atoms with Crippen molar-refractivity contribution in [3.05, 3.63) is 12.2 Å². The zero-order valence-electron chi connectivity index (χ0n) is 7.02. The molecule has 0 unspecified atom stereocenters. The van der Waals surface area contributed by atoms with Crippen LogP contribution in [-0.4, -0.2) is 11.2 Å². The van der Waals surface area contributed by atoms with Crippen LogP contribution in [0, 0.1) is 11.3 Å². The van der Waals surface area contributed by atoms with E-state index in [0.717, 1.165) is 6.42 Å². The minimum Gasteiger partial charge on any atom is -0.392 e. The summed E-state index contributed by atoms with van der Waals surface area (Å²) >= 11 is 0. The molecule has 0 amide bonds. The van der Waals surface area contributed by atoms with Crippen LogP contribution in [0.1, 0.15) is 27.2 Å². The van der Waals surface area contributed by atoms with Crippen molar-refractivity contribution in [2.24, 2.45) is 11.3 Å². The van der Waals surface area contributed by atoms with Crippen LogP contribution in [0.2, 0.25) is 0 Å². The van der Waals surface area contributed by atoms with Gasteiger partial charge in [0.2, 0.25) is 0 Å². The molecule has 58 valence electrons. The predicted molar refractivity (Wildman–Crippen MR) is 42.7 cm³/mol. The smallest absolute Gasteiger partial charge is 0.0656 e. The topological polar surface area (TPSA) is 20.2 Å². The molecular weight excluding hydrogens is 124 g/mol. The minimum atomic E-state index is -0.194. The van der Waals surface area contributed by atoms with Crippen LogP contribution in [0.15, 0.2) is 12.2 Å². The van der Waals surface area contributed by atoms with Crippen LogP contribution in [0.25, 0.3) is 0 Å². The average molecular weight is 140 g/mol. The summed E-state index contributed by atoms with van der Waals surface area (Å²) in [6, 6.07) is 0. The van der Waals surface area contributed by atoms with Crippen LogP contribution in [0.5, 0.6) is 0 Å². The summed E-state index contributed by atoms with van der Waals surface area (Å²) in [5.74, 6) is 0.389. The highest BCUT2D eigenvalue weighted by molar-refractivity contribution is 5.22. The van der Waals surface area contributed by atoms with Crippen LogP contribution in [-0.2, 0) is 0 Å². The van der Waals surface area contributed by atoms with Crippen molar-refractivity contribution in [3.63, 3.8) is 0 Å².